The second-order valence-corrected chi connectivity index (χ2v) is 5.41. The summed E-state index contributed by atoms with van der Waals surface area (Å²) < 4.78 is 39.4. The smallest absolute Gasteiger partial charge is 0.348 e. The molecular weight excluding hydrogens is 313 g/mol. The highest BCUT2D eigenvalue weighted by atomic mass is 19.4. The molecule has 0 spiro atoms. The van der Waals surface area contributed by atoms with Gasteiger partial charge in [0, 0.05) is 31.1 Å². The summed E-state index contributed by atoms with van der Waals surface area (Å²) in [4.78, 5) is 27.1. The van der Waals surface area contributed by atoms with E-state index < -0.39 is 17.8 Å². The minimum absolute atomic E-state index is 0.0520. The van der Waals surface area contributed by atoms with Gasteiger partial charge >= 0.3 is 6.18 Å². The van der Waals surface area contributed by atoms with Crippen LogP contribution in [0, 0.1) is 0 Å². The third-order valence-electron chi connectivity index (χ3n) is 3.76. The van der Waals surface area contributed by atoms with E-state index in [2.05, 4.69) is 15.4 Å². The number of halogens is 3. The van der Waals surface area contributed by atoms with Gasteiger partial charge in [0.15, 0.2) is 11.3 Å². The molecule has 122 valence electrons. The van der Waals surface area contributed by atoms with Crippen molar-refractivity contribution in [1.82, 2.24) is 19.9 Å². The van der Waals surface area contributed by atoms with Crippen molar-refractivity contribution in [2.24, 2.45) is 0 Å². The van der Waals surface area contributed by atoms with Gasteiger partial charge in [0.05, 0.1) is 0 Å². The fourth-order valence-electron chi connectivity index (χ4n) is 2.56. The summed E-state index contributed by atoms with van der Waals surface area (Å²) in [5.74, 6) is -0.412. The average molecular weight is 326 g/mol. The number of carbonyl (C=O) groups is 2. The van der Waals surface area contributed by atoms with E-state index in [1.54, 1.807) is 0 Å². The first-order valence-electron chi connectivity index (χ1n) is 7.09. The number of nitrogens with zero attached hydrogens (tertiary/aromatic N) is 3. The van der Waals surface area contributed by atoms with E-state index in [1.165, 1.54) is 6.07 Å². The summed E-state index contributed by atoms with van der Waals surface area (Å²) in [6, 6.07) is 1.84. The van der Waals surface area contributed by atoms with Crippen LogP contribution >= 0.6 is 0 Å². The zero-order valence-electron chi connectivity index (χ0n) is 11.9. The normalized spacial score (nSPS) is 16.7. The molecule has 3 rings (SSSR count). The van der Waals surface area contributed by atoms with Gasteiger partial charge in [-0.3, -0.25) is 9.59 Å². The summed E-state index contributed by atoms with van der Waals surface area (Å²) in [5.41, 5.74) is -1.18. The van der Waals surface area contributed by atoms with Crippen molar-refractivity contribution in [3.63, 3.8) is 0 Å². The predicted octanol–water partition coefficient (Wildman–Crippen LogP) is 1.99. The lowest BCUT2D eigenvalue weighted by Gasteiger charge is -2.21. The maximum Gasteiger partial charge on any atom is 0.433 e. The van der Waals surface area contributed by atoms with E-state index in [-0.39, 0.29) is 23.2 Å². The minimum Gasteiger partial charge on any atom is -0.348 e. The Balaban J connectivity index is 1.83. The number of carbonyl (C=O) groups excluding carboxylic acids is 2. The fraction of sp³-hybridized carbons (Fsp3) is 0.429. The number of hydrogen-bond donors (Lipinski definition) is 1. The lowest BCUT2D eigenvalue weighted by Crippen LogP contribution is -2.37. The molecule has 2 aromatic heterocycles. The van der Waals surface area contributed by atoms with Crippen molar-refractivity contribution in [1.29, 1.82) is 0 Å². The molecule has 0 aliphatic heterocycles. The van der Waals surface area contributed by atoms with Crippen LogP contribution in [0.3, 0.4) is 0 Å². The van der Waals surface area contributed by atoms with Crippen molar-refractivity contribution < 1.29 is 22.8 Å². The van der Waals surface area contributed by atoms with E-state index in [4.69, 9.17) is 0 Å². The molecule has 0 atom stereocenters. The Morgan fingerprint density at radius 3 is 2.65 bits per heavy atom. The first-order chi connectivity index (χ1) is 10.8. The number of nitrogens with one attached hydrogen (secondary N) is 1. The van der Waals surface area contributed by atoms with E-state index in [0.29, 0.717) is 30.2 Å². The number of alkyl halides is 3. The molecule has 1 aliphatic rings. The van der Waals surface area contributed by atoms with Crippen LogP contribution in [-0.2, 0) is 11.0 Å². The summed E-state index contributed by atoms with van der Waals surface area (Å²) >= 11 is 0. The number of hydrogen-bond acceptors (Lipinski definition) is 4. The van der Waals surface area contributed by atoms with Gasteiger partial charge in [-0.1, -0.05) is 0 Å². The molecule has 0 bridgehead atoms. The third kappa shape index (κ3) is 3.17. The van der Waals surface area contributed by atoms with Crippen LogP contribution in [0.2, 0.25) is 0 Å². The Morgan fingerprint density at radius 2 is 2.00 bits per heavy atom. The predicted molar refractivity (Wildman–Crippen MR) is 72.7 cm³/mol. The van der Waals surface area contributed by atoms with Gasteiger partial charge in [-0.05, 0) is 18.9 Å². The lowest BCUT2D eigenvalue weighted by atomic mass is 9.94. The maximum atomic E-state index is 12.9. The molecule has 9 heteroatoms. The Morgan fingerprint density at radius 1 is 1.30 bits per heavy atom. The third-order valence-corrected chi connectivity index (χ3v) is 3.76. The molecule has 2 aromatic rings. The number of rotatable bonds is 2. The first-order valence-corrected chi connectivity index (χ1v) is 7.09. The highest BCUT2D eigenvalue weighted by Gasteiger charge is 2.34. The second kappa shape index (κ2) is 5.64. The van der Waals surface area contributed by atoms with Crippen molar-refractivity contribution >= 4 is 17.3 Å². The van der Waals surface area contributed by atoms with Gasteiger partial charge in [0.25, 0.3) is 5.91 Å². The molecule has 23 heavy (non-hydrogen) atoms. The maximum absolute atomic E-state index is 12.9. The van der Waals surface area contributed by atoms with Crippen LogP contribution in [0.5, 0.6) is 0 Å². The standard InChI is InChI=1S/C14H13F3N4O2/c15-14(16,17)11-5-6-18-12-7-10(20-21(11)12)13(23)19-8-1-3-9(22)4-2-8/h5-8H,1-4H2,(H,19,23). The highest BCUT2D eigenvalue weighted by molar-refractivity contribution is 5.93. The van der Waals surface area contributed by atoms with Crippen LogP contribution < -0.4 is 5.32 Å². The lowest BCUT2D eigenvalue weighted by molar-refractivity contribution is -0.142. The van der Waals surface area contributed by atoms with Crippen LogP contribution in [0.1, 0.15) is 41.9 Å². The van der Waals surface area contributed by atoms with E-state index in [1.807, 2.05) is 0 Å². The Hall–Kier alpha value is -2.45. The highest BCUT2D eigenvalue weighted by Crippen LogP contribution is 2.29. The molecule has 1 saturated carbocycles. The van der Waals surface area contributed by atoms with Crippen LogP contribution in [0.15, 0.2) is 18.3 Å². The van der Waals surface area contributed by atoms with Crippen molar-refractivity contribution in [3.8, 4) is 0 Å². The molecular formula is C14H13F3N4O2. The molecule has 1 amide bonds. The zero-order chi connectivity index (χ0) is 16.6. The van der Waals surface area contributed by atoms with Gasteiger partial charge in [0.2, 0.25) is 0 Å². The van der Waals surface area contributed by atoms with Crippen LogP contribution in [0.25, 0.3) is 5.65 Å². The molecule has 0 aromatic carbocycles. The van der Waals surface area contributed by atoms with E-state index in [9.17, 15) is 22.8 Å². The molecule has 1 N–H and O–H groups in total. The average Bonchev–Trinajstić information content (AvgIpc) is 2.92. The van der Waals surface area contributed by atoms with Gasteiger partial charge in [0.1, 0.15) is 11.5 Å². The number of amides is 1. The quantitative estimate of drug-likeness (QED) is 0.916. The Labute approximate surface area is 128 Å². The van der Waals surface area contributed by atoms with Crippen molar-refractivity contribution in [2.45, 2.75) is 37.9 Å². The van der Waals surface area contributed by atoms with Crippen LogP contribution in [-0.4, -0.2) is 32.3 Å². The van der Waals surface area contributed by atoms with Crippen molar-refractivity contribution in [2.75, 3.05) is 0 Å². The molecule has 0 unspecified atom stereocenters. The molecule has 1 aliphatic carbocycles. The second-order valence-electron chi connectivity index (χ2n) is 5.41. The van der Waals surface area contributed by atoms with Gasteiger partial charge in [-0.25, -0.2) is 9.50 Å². The molecule has 0 radical (unpaired) electrons. The molecule has 0 saturated heterocycles. The van der Waals surface area contributed by atoms with Gasteiger partial charge in [-0.15, -0.1) is 0 Å². The summed E-state index contributed by atoms with van der Waals surface area (Å²) in [5, 5.41) is 6.41. The zero-order valence-corrected chi connectivity index (χ0v) is 11.9. The first kappa shape index (κ1) is 15.4. The Kier molecular flexibility index (Phi) is 3.78. The fourth-order valence-corrected chi connectivity index (χ4v) is 2.56. The molecule has 2 heterocycles. The largest absolute Gasteiger partial charge is 0.433 e. The number of aromatic nitrogens is 3. The SMILES string of the molecule is O=C1CCC(NC(=O)c2cc3nccc(C(F)(F)F)n3n2)CC1. The Bertz CT molecular complexity index is 759. The summed E-state index contributed by atoms with van der Waals surface area (Å²) in [6.07, 6.45) is -1.71. The topological polar surface area (TPSA) is 76.4 Å². The van der Waals surface area contributed by atoms with Crippen LogP contribution in [0.4, 0.5) is 13.2 Å². The molecule has 1 fully saturated rings. The van der Waals surface area contributed by atoms with E-state index in [0.717, 1.165) is 12.3 Å². The summed E-state index contributed by atoms with van der Waals surface area (Å²) in [7, 11) is 0. The minimum atomic E-state index is -4.59. The van der Waals surface area contributed by atoms with Crippen molar-refractivity contribution in [3.05, 3.63) is 29.7 Å². The number of Topliss-reactive ketones (excluding diaryl/α,β-unsaturated/α-hetero) is 1. The van der Waals surface area contributed by atoms with E-state index >= 15 is 0 Å². The molecule has 6 nitrogen and oxygen atoms in total. The number of fused-ring (bicyclic) bond motifs is 1. The van der Waals surface area contributed by atoms with Gasteiger partial charge in [-0.2, -0.15) is 18.3 Å². The monoisotopic (exact) mass is 326 g/mol. The van der Waals surface area contributed by atoms with Gasteiger partial charge < -0.3 is 5.32 Å². The number of ketones is 1. The summed E-state index contributed by atoms with van der Waals surface area (Å²) in [6.45, 7) is 0.